The van der Waals surface area contributed by atoms with Crippen molar-refractivity contribution in [3.05, 3.63) is 69.8 Å². The highest BCUT2D eigenvalue weighted by Gasteiger charge is 2.19. The summed E-state index contributed by atoms with van der Waals surface area (Å²) in [6.07, 6.45) is 2.96. The van der Waals surface area contributed by atoms with Gasteiger partial charge in [-0.3, -0.25) is 0 Å². The van der Waals surface area contributed by atoms with E-state index in [1.807, 2.05) is 18.2 Å². The fourth-order valence-corrected chi connectivity index (χ4v) is 3.71. The number of nitrogens with zero attached hydrogens (tertiary/aromatic N) is 1. The zero-order chi connectivity index (χ0) is 16.4. The summed E-state index contributed by atoms with van der Waals surface area (Å²) in [6.45, 7) is 3.64. The van der Waals surface area contributed by atoms with Crippen LogP contribution in [0.4, 0.5) is 0 Å². The molecule has 0 spiro atoms. The molecule has 0 radical (unpaired) electrons. The molecule has 3 aromatic rings. The molecule has 0 fully saturated rings. The van der Waals surface area contributed by atoms with Crippen molar-refractivity contribution in [3.8, 4) is 0 Å². The standard InChI is InChI=1S/C19H20Cl2N2/c1-2-23-12-16(14-6-3-4-9-19(14)23)13(11-22)10-15-17(20)7-5-8-18(15)21/h3-9,12-13H,2,10-11,22H2,1H3. The van der Waals surface area contributed by atoms with E-state index in [0.29, 0.717) is 16.6 Å². The summed E-state index contributed by atoms with van der Waals surface area (Å²) in [5.74, 6) is 0.185. The third kappa shape index (κ3) is 3.12. The van der Waals surface area contributed by atoms with Crippen LogP contribution in [0.25, 0.3) is 10.9 Å². The Morgan fingerprint density at radius 2 is 1.74 bits per heavy atom. The summed E-state index contributed by atoms with van der Waals surface area (Å²) in [5, 5.41) is 2.67. The number of benzene rings is 2. The first kappa shape index (κ1) is 16.4. The lowest BCUT2D eigenvalue weighted by molar-refractivity contribution is 0.690. The van der Waals surface area contributed by atoms with E-state index >= 15 is 0 Å². The zero-order valence-electron chi connectivity index (χ0n) is 13.1. The molecule has 2 nitrogen and oxygen atoms in total. The van der Waals surface area contributed by atoms with Crippen LogP contribution in [-0.2, 0) is 13.0 Å². The quantitative estimate of drug-likeness (QED) is 0.671. The maximum atomic E-state index is 6.34. The van der Waals surface area contributed by atoms with E-state index in [2.05, 4.69) is 42.0 Å². The van der Waals surface area contributed by atoms with Gasteiger partial charge in [0, 0.05) is 39.6 Å². The van der Waals surface area contributed by atoms with Crippen molar-refractivity contribution in [2.24, 2.45) is 5.73 Å². The molecule has 1 heterocycles. The normalized spacial score (nSPS) is 12.7. The van der Waals surface area contributed by atoms with Gasteiger partial charge in [-0.2, -0.15) is 0 Å². The Kier molecular flexibility index (Phi) is 4.96. The van der Waals surface area contributed by atoms with Crippen LogP contribution in [0.1, 0.15) is 24.0 Å². The second-order valence-corrected chi connectivity index (χ2v) is 6.54. The third-order valence-electron chi connectivity index (χ3n) is 4.40. The average molecular weight is 347 g/mol. The minimum Gasteiger partial charge on any atom is -0.347 e. The molecular formula is C19H20Cl2N2. The van der Waals surface area contributed by atoms with Gasteiger partial charge in [-0.25, -0.2) is 0 Å². The van der Waals surface area contributed by atoms with E-state index in [0.717, 1.165) is 18.5 Å². The zero-order valence-corrected chi connectivity index (χ0v) is 14.6. The minimum absolute atomic E-state index is 0.185. The monoisotopic (exact) mass is 346 g/mol. The lowest BCUT2D eigenvalue weighted by Crippen LogP contribution is -2.15. The number of fused-ring (bicyclic) bond motifs is 1. The summed E-state index contributed by atoms with van der Waals surface area (Å²) >= 11 is 12.7. The van der Waals surface area contributed by atoms with E-state index in [1.165, 1.54) is 16.5 Å². The van der Waals surface area contributed by atoms with Crippen molar-refractivity contribution in [3.63, 3.8) is 0 Å². The fourth-order valence-electron chi connectivity index (χ4n) is 3.16. The Labute approximate surface area is 146 Å². The van der Waals surface area contributed by atoms with E-state index in [-0.39, 0.29) is 5.92 Å². The molecule has 23 heavy (non-hydrogen) atoms. The van der Waals surface area contributed by atoms with Crippen molar-refractivity contribution >= 4 is 34.1 Å². The van der Waals surface area contributed by atoms with Gasteiger partial charge in [0.25, 0.3) is 0 Å². The van der Waals surface area contributed by atoms with E-state index in [9.17, 15) is 0 Å². The molecule has 120 valence electrons. The molecule has 1 atom stereocenters. The average Bonchev–Trinajstić information content (AvgIpc) is 2.94. The Morgan fingerprint density at radius 1 is 1.04 bits per heavy atom. The second-order valence-electron chi connectivity index (χ2n) is 5.72. The number of hydrogen-bond donors (Lipinski definition) is 1. The highest BCUT2D eigenvalue weighted by atomic mass is 35.5. The van der Waals surface area contributed by atoms with Crippen LogP contribution in [0.3, 0.4) is 0 Å². The Hall–Kier alpha value is -1.48. The molecule has 0 bridgehead atoms. The maximum absolute atomic E-state index is 6.34. The van der Waals surface area contributed by atoms with Crippen LogP contribution in [0.15, 0.2) is 48.7 Å². The minimum atomic E-state index is 0.185. The molecule has 2 aromatic carbocycles. The smallest absolute Gasteiger partial charge is 0.0483 e. The SMILES string of the molecule is CCn1cc(C(CN)Cc2c(Cl)cccc2Cl)c2ccccc21. The van der Waals surface area contributed by atoms with Gasteiger partial charge in [-0.05, 0) is 49.2 Å². The van der Waals surface area contributed by atoms with Crippen LogP contribution >= 0.6 is 23.2 Å². The van der Waals surface area contributed by atoms with Crippen molar-refractivity contribution in [1.82, 2.24) is 4.57 Å². The Morgan fingerprint density at radius 3 is 2.39 bits per heavy atom. The van der Waals surface area contributed by atoms with E-state index in [4.69, 9.17) is 28.9 Å². The first-order valence-electron chi connectivity index (χ1n) is 7.86. The molecule has 0 aliphatic heterocycles. The van der Waals surface area contributed by atoms with Crippen LogP contribution in [-0.4, -0.2) is 11.1 Å². The van der Waals surface area contributed by atoms with Gasteiger partial charge in [0.15, 0.2) is 0 Å². The van der Waals surface area contributed by atoms with Crippen LogP contribution < -0.4 is 5.73 Å². The summed E-state index contributed by atoms with van der Waals surface area (Å²) < 4.78 is 2.27. The van der Waals surface area contributed by atoms with Crippen LogP contribution in [0, 0.1) is 0 Å². The Balaban J connectivity index is 2.05. The molecule has 0 saturated carbocycles. The van der Waals surface area contributed by atoms with Crippen LogP contribution in [0.5, 0.6) is 0 Å². The van der Waals surface area contributed by atoms with Crippen molar-refractivity contribution in [1.29, 1.82) is 0 Å². The second kappa shape index (κ2) is 6.96. The van der Waals surface area contributed by atoms with Gasteiger partial charge < -0.3 is 10.3 Å². The molecule has 1 aromatic heterocycles. The molecule has 0 aliphatic carbocycles. The van der Waals surface area contributed by atoms with Gasteiger partial charge in [0.1, 0.15) is 0 Å². The highest BCUT2D eigenvalue weighted by Crippen LogP contribution is 2.33. The van der Waals surface area contributed by atoms with Gasteiger partial charge in [-0.15, -0.1) is 0 Å². The summed E-state index contributed by atoms with van der Waals surface area (Å²) in [4.78, 5) is 0. The number of nitrogens with two attached hydrogens (primary N) is 1. The number of para-hydroxylation sites is 1. The summed E-state index contributed by atoms with van der Waals surface area (Å²) in [6, 6.07) is 14.1. The first-order valence-corrected chi connectivity index (χ1v) is 8.62. The molecule has 2 N–H and O–H groups in total. The molecule has 0 saturated heterocycles. The van der Waals surface area contributed by atoms with Crippen molar-refractivity contribution in [2.45, 2.75) is 25.8 Å². The van der Waals surface area contributed by atoms with Gasteiger partial charge in [0.2, 0.25) is 0 Å². The predicted molar refractivity (Wildman–Crippen MR) is 99.6 cm³/mol. The van der Waals surface area contributed by atoms with Gasteiger partial charge in [-0.1, -0.05) is 47.5 Å². The van der Waals surface area contributed by atoms with E-state index in [1.54, 1.807) is 0 Å². The molecule has 0 aliphatic rings. The van der Waals surface area contributed by atoms with Crippen molar-refractivity contribution in [2.75, 3.05) is 6.54 Å². The lowest BCUT2D eigenvalue weighted by atomic mass is 9.91. The summed E-state index contributed by atoms with van der Waals surface area (Å²) in [7, 11) is 0. The number of rotatable bonds is 5. The van der Waals surface area contributed by atoms with Crippen molar-refractivity contribution < 1.29 is 0 Å². The predicted octanol–water partition coefficient (Wildman–Crippen LogP) is 5.25. The van der Waals surface area contributed by atoms with Crippen LogP contribution in [0.2, 0.25) is 10.0 Å². The number of hydrogen-bond acceptors (Lipinski definition) is 1. The number of aryl methyl sites for hydroxylation is 1. The third-order valence-corrected chi connectivity index (χ3v) is 5.10. The van der Waals surface area contributed by atoms with Gasteiger partial charge >= 0.3 is 0 Å². The lowest BCUT2D eigenvalue weighted by Gasteiger charge is -2.16. The van der Waals surface area contributed by atoms with E-state index < -0.39 is 0 Å². The van der Waals surface area contributed by atoms with Gasteiger partial charge in [0.05, 0.1) is 0 Å². The molecule has 3 rings (SSSR count). The number of aromatic nitrogens is 1. The molecule has 4 heteroatoms. The first-order chi connectivity index (χ1) is 11.2. The highest BCUT2D eigenvalue weighted by molar-refractivity contribution is 6.36. The maximum Gasteiger partial charge on any atom is 0.0483 e. The largest absolute Gasteiger partial charge is 0.347 e. The summed E-state index contributed by atoms with van der Waals surface area (Å²) in [5.41, 5.74) is 9.58. The number of halogens is 2. The Bertz CT molecular complexity index is 803. The molecule has 0 amide bonds. The molecular weight excluding hydrogens is 327 g/mol. The topological polar surface area (TPSA) is 30.9 Å². The molecule has 1 unspecified atom stereocenters. The fraction of sp³-hybridized carbons (Fsp3) is 0.263.